The van der Waals surface area contributed by atoms with Crippen LogP contribution in [0.3, 0.4) is 0 Å². The Kier molecular flexibility index (Phi) is 3.33. The van der Waals surface area contributed by atoms with Crippen molar-refractivity contribution in [2.24, 2.45) is 17.4 Å². The van der Waals surface area contributed by atoms with Crippen molar-refractivity contribution in [1.29, 1.82) is 0 Å². The van der Waals surface area contributed by atoms with Gasteiger partial charge in [0.15, 0.2) is 0 Å². The lowest BCUT2D eigenvalue weighted by molar-refractivity contribution is 0.1000. The minimum absolute atomic E-state index is 0.365. The molecule has 1 heterocycles. The third-order valence-electron chi connectivity index (χ3n) is 3.46. The van der Waals surface area contributed by atoms with Crippen LogP contribution in [0.25, 0.3) is 0 Å². The van der Waals surface area contributed by atoms with Crippen LogP contribution in [0.4, 0.5) is 5.69 Å². The Morgan fingerprint density at radius 2 is 2.29 bits per heavy atom. The first kappa shape index (κ1) is 11.9. The average Bonchev–Trinajstić information content (AvgIpc) is 2.76. The number of amides is 1. The van der Waals surface area contributed by atoms with Crippen LogP contribution in [-0.4, -0.2) is 25.5 Å². The Labute approximate surface area is 102 Å². The van der Waals surface area contributed by atoms with Gasteiger partial charge in [0.2, 0.25) is 5.91 Å². The SMILES string of the molecule is Cc1cc(N2CCC(CN)C2)ccc1C(N)=O. The number of benzene rings is 1. The van der Waals surface area contributed by atoms with Crippen LogP contribution in [0.5, 0.6) is 0 Å². The lowest BCUT2D eigenvalue weighted by Gasteiger charge is -2.19. The van der Waals surface area contributed by atoms with Crippen molar-refractivity contribution in [3.63, 3.8) is 0 Å². The number of nitrogens with two attached hydrogens (primary N) is 2. The van der Waals surface area contributed by atoms with Crippen molar-refractivity contribution in [1.82, 2.24) is 0 Å². The summed E-state index contributed by atoms with van der Waals surface area (Å²) in [5.74, 6) is 0.224. The number of hydrogen-bond acceptors (Lipinski definition) is 3. The minimum Gasteiger partial charge on any atom is -0.371 e. The molecule has 1 amide bonds. The molecule has 1 aliphatic heterocycles. The van der Waals surface area contributed by atoms with Gasteiger partial charge in [-0.3, -0.25) is 4.79 Å². The molecule has 4 heteroatoms. The molecule has 1 aromatic carbocycles. The van der Waals surface area contributed by atoms with Crippen molar-refractivity contribution in [2.45, 2.75) is 13.3 Å². The number of primary amides is 1. The van der Waals surface area contributed by atoms with Gasteiger partial charge in [0.05, 0.1) is 0 Å². The number of nitrogens with zero attached hydrogens (tertiary/aromatic N) is 1. The molecule has 0 aromatic heterocycles. The summed E-state index contributed by atoms with van der Waals surface area (Å²) in [6.07, 6.45) is 1.15. The molecule has 1 fully saturated rings. The molecule has 0 radical (unpaired) electrons. The van der Waals surface area contributed by atoms with E-state index < -0.39 is 0 Å². The van der Waals surface area contributed by atoms with E-state index in [9.17, 15) is 4.79 Å². The fraction of sp³-hybridized carbons (Fsp3) is 0.462. The molecule has 2 rings (SSSR count). The van der Waals surface area contributed by atoms with Crippen molar-refractivity contribution in [3.8, 4) is 0 Å². The zero-order valence-corrected chi connectivity index (χ0v) is 10.1. The Morgan fingerprint density at radius 1 is 1.53 bits per heavy atom. The molecule has 1 aliphatic rings. The van der Waals surface area contributed by atoms with E-state index in [4.69, 9.17) is 11.5 Å². The summed E-state index contributed by atoms with van der Waals surface area (Å²) in [5.41, 5.74) is 13.7. The summed E-state index contributed by atoms with van der Waals surface area (Å²) in [6, 6.07) is 5.80. The Balaban J connectivity index is 2.18. The molecule has 0 spiro atoms. The van der Waals surface area contributed by atoms with E-state index in [0.29, 0.717) is 11.5 Å². The van der Waals surface area contributed by atoms with Gasteiger partial charge in [0, 0.05) is 24.3 Å². The molecule has 1 atom stereocenters. The van der Waals surface area contributed by atoms with Crippen LogP contribution in [0.2, 0.25) is 0 Å². The smallest absolute Gasteiger partial charge is 0.248 e. The normalized spacial score (nSPS) is 19.6. The van der Waals surface area contributed by atoms with Crippen LogP contribution in [0, 0.1) is 12.8 Å². The Bertz CT molecular complexity index is 431. The minimum atomic E-state index is -0.365. The first-order chi connectivity index (χ1) is 8.11. The van der Waals surface area contributed by atoms with Gasteiger partial charge in [-0.1, -0.05) is 0 Å². The van der Waals surface area contributed by atoms with Gasteiger partial charge in [-0.2, -0.15) is 0 Å². The number of anilines is 1. The van der Waals surface area contributed by atoms with Crippen LogP contribution in [-0.2, 0) is 0 Å². The summed E-state index contributed by atoms with van der Waals surface area (Å²) in [5, 5.41) is 0. The zero-order chi connectivity index (χ0) is 12.4. The predicted octanol–water partition coefficient (Wildman–Crippen LogP) is 0.879. The third-order valence-corrected chi connectivity index (χ3v) is 3.46. The number of hydrogen-bond donors (Lipinski definition) is 2. The fourth-order valence-corrected chi connectivity index (χ4v) is 2.38. The van der Waals surface area contributed by atoms with Crippen LogP contribution < -0.4 is 16.4 Å². The second kappa shape index (κ2) is 4.75. The quantitative estimate of drug-likeness (QED) is 0.814. The highest BCUT2D eigenvalue weighted by Gasteiger charge is 2.21. The topological polar surface area (TPSA) is 72.3 Å². The van der Waals surface area contributed by atoms with Crippen LogP contribution in [0.15, 0.2) is 18.2 Å². The van der Waals surface area contributed by atoms with Gasteiger partial charge < -0.3 is 16.4 Å². The highest BCUT2D eigenvalue weighted by molar-refractivity contribution is 5.94. The van der Waals surface area contributed by atoms with Crippen LogP contribution >= 0.6 is 0 Å². The van der Waals surface area contributed by atoms with Gasteiger partial charge in [-0.15, -0.1) is 0 Å². The summed E-state index contributed by atoms with van der Waals surface area (Å²) >= 11 is 0. The standard InChI is InChI=1S/C13H19N3O/c1-9-6-11(2-3-12(9)13(15)17)16-5-4-10(7-14)8-16/h2-3,6,10H,4-5,7-8,14H2,1H3,(H2,15,17). The Morgan fingerprint density at radius 3 is 2.82 bits per heavy atom. The van der Waals surface area contributed by atoms with E-state index in [2.05, 4.69) is 4.90 Å². The number of rotatable bonds is 3. The van der Waals surface area contributed by atoms with Crippen molar-refractivity contribution in [2.75, 3.05) is 24.5 Å². The maximum absolute atomic E-state index is 11.1. The molecule has 1 saturated heterocycles. The molecule has 4 nitrogen and oxygen atoms in total. The van der Waals surface area contributed by atoms with Crippen molar-refractivity contribution in [3.05, 3.63) is 29.3 Å². The average molecular weight is 233 g/mol. The third kappa shape index (κ3) is 2.42. The van der Waals surface area contributed by atoms with Gasteiger partial charge in [-0.25, -0.2) is 0 Å². The van der Waals surface area contributed by atoms with E-state index in [1.807, 2.05) is 25.1 Å². The van der Waals surface area contributed by atoms with Crippen molar-refractivity contribution >= 4 is 11.6 Å². The fourth-order valence-electron chi connectivity index (χ4n) is 2.38. The number of carbonyl (C=O) groups excluding carboxylic acids is 1. The van der Waals surface area contributed by atoms with E-state index >= 15 is 0 Å². The van der Waals surface area contributed by atoms with Crippen molar-refractivity contribution < 1.29 is 4.79 Å². The number of aryl methyl sites for hydroxylation is 1. The molecular weight excluding hydrogens is 214 g/mol. The van der Waals surface area contributed by atoms with Gasteiger partial charge in [0.25, 0.3) is 0 Å². The Hall–Kier alpha value is -1.55. The van der Waals surface area contributed by atoms with Crippen LogP contribution in [0.1, 0.15) is 22.3 Å². The van der Waals surface area contributed by atoms with Gasteiger partial charge in [0.1, 0.15) is 0 Å². The van der Waals surface area contributed by atoms with Gasteiger partial charge >= 0.3 is 0 Å². The molecule has 0 aliphatic carbocycles. The molecule has 1 aromatic rings. The molecule has 17 heavy (non-hydrogen) atoms. The second-order valence-electron chi connectivity index (χ2n) is 4.70. The molecule has 92 valence electrons. The van der Waals surface area contributed by atoms with E-state index in [1.54, 1.807) is 0 Å². The molecule has 0 saturated carbocycles. The molecular formula is C13H19N3O. The first-order valence-electron chi connectivity index (χ1n) is 5.97. The lowest BCUT2D eigenvalue weighted by Crippen LogP contribution is -2.23. The largest absolute Gasteiger partial charge is 0.371 e. The maximum atomic E-state index is 11.1. The summed E-state index contributed by atoms with van der Waals surface area (Å²) in [4.78, 5) is 13.5. The monoisotopic (exact) mass is 233 g/mol. The first-order valence-corrected chi connectivity index (χ1v) is 5.97. The summed E-state index contributed by atoms with van der Waals surface area (Å²) in [7, 11) is 0. The van der Waals surface area contributed by atoms with Gasteiger partial charge in [-0.05, 0) is 49.6 Å². The predicted molar refractivity (Wildman–Crippen MR) is 69.1 cm³/mol. The highest BCUT2D eigenvalue weighted by atomic mass is 16.1. The highest BCUT2D eigenvalue weighted by Crippen LogP contribution is 2.25. The van der Waals surface area contributed by atoms with E-state index in [-0.39, 0.29) is 5.91 Å². The number of carbonyl (C=O) groups is 1. The second-order valence-corrected chi connectivity index (χ2v) is 4.70. The summed E-state index contributed by atoms with van der Waals surface area (Å²) < 4.78 is 0. The van der Waals surface area contributed by atoms with E-state index in [0.717, 1.165) is 37.3 Å². The molecule has 1 unspecified atom stereocenters. The van der Waals surface area contributed by atoms with E-state index in [1.165, 1.54) is 0 Å². The zero-order valence-electron chi connectivity index (χ0n) is 10.1. The summed E-state index contributed by atoms with van der Waals surface area (Å²) in [6.45, 7) is 4.71. The molecule has 0 bridgehead atoms. The maximum Gasteiger partial charge on any atom is 0.248 e. The molecule has 4 N–H and O–H groups in total. The lowest BCUT2D eigenvalue weighted by atomic mass is 10.1.